The summed E-state index contributed by atoms with van der Waals surface area (Å²) in [6.45, 7) is 2.55. The van der Waals surface area contributed by atoms with E-state index in [1.165, 1.54) is 0 Å². The van der Waals surface area contributed by atoms with Gasteiger partial charge in [-0.1, -0.05) is 0 Å². The molecule has 1 N–H and O–H groups in total. The summed E-state index contributed by atoms with van der Waals surface area (Å²) in [6, 6.07) is 9.95. The fourth-order valence-electron chi connectivity index (χ4n) is 2.06. The van der Waals surface area contributed by atoms with Crippen molar-refractivity contribution in [2.45, 2.75) is 25.8 Å². The average molecular weight is 287 g/mol. The fourth-order valence-corrected chi connectivity index (χ4v) is 2.06. The van der Waals surface area contributed by atoms with Gasteiger partial charge in [-0.05, 0) is 31.5 Å². The predicted octanol–water partition coefficient (Wildman–Crippen LogP) is 2.80. The summed E-state index contributed by atoms with van der Waals surface area (Å²) in [5, 5.41) is 21.0. The Balaban J connectivity index is 2.72. The lowest BCUT2D eigenvalue weighted by atomic mass is 10.0. The van der Waals surface area contributed by atoms with E-state index < -0.39 is 0 Å². The number of benzene rings is 1. The van der Waals surface area contributed by atoms with E-state index in [4.69, 9.17) is 20.0 Å². The van der Waals surface area contributed by atoms with E-state index in [2.05, 4.69) is 17.5 Å². The Hall–Kier alpha value is -2.24. The number of ether oxygens (including phenoxy) is 2. The lowest BCUT2D eigenvalue weighted by molar-refractivity contribution is 0.389. The monoisotopic (exact) mass is 287 g/mol. The van der Waals surface area contributed by atoms with Gasteiger partial charge in [-0.3, -0.25) is 0 Å². The van der Waals surface area contributed by atoms with Crippen molar-refractivity contribution < 1.29 is 9.47 Å². The summed E-state index contributed by atoms with van der Waals surface area (Å²) in [5.41, 5.74) is 0.980. The molecule has 5 nitrogen and oxygen atoms in total. The highest BCUT2D eigenvalue weighted by atomic mass is 16.5. The standard InChI is InChI=1S/C16H21N3O2/c1-12(19-11-13(10-18)5-4-8-17)15-9-14(20-2)6-7-16(15)21-3/h6-7,9,12-13,19H,4-5,11H2,1-3H3. The Morgan fingerprint density at radius 2 is 2.00 bits per heavy atom. The van der Waals surface area contributed by atoms with Crippen LogP contribution in [0.4, 0.5) is 0 Å². The molecular formula is C16H21N3O2. The number of nitrogens with zero attached hydrogens (tertiary/aromatic N) is 2. The van der Waals surface area contributed by atoms with E-state index >= 15 is 0 Å². The third kappa shape index (κ3) is 4.98. The van der Waals surface area contributed by atoms with Crippen LogP contribution in [0.3, 0.4) is 0 Å². The molecule has 0 saturated heterocycles. The first kappa shape index (κ1) is 16.8. The molecule has 21 heavy (non-hydrogen) atoms. The second-order valence-corrected chi connectivity index (χ2v) is 4.76. The van der Waals surface area contributed by atoms with E-state index in [-0.39, 0.29) is 12.0 Å². The second-order valence-electron chi connectivity index (χ2n) is 4.76. The summed E-state index contributed by atoms with van der Waals surface area (Å²) in [6.07, 6.45) is 0.985. The van der Waals surface area contributed by atoms with Gasteiger partial charge in [0.1, 0.15) is 11.5 Å². The molecule has 1 aromatic carbocycles. The SMILES string of the molecule is COc1ccc(OC)c(C(C)NCC(C#N)CCC#N)c1. The summed E-state index contributed by atoms with van der Waals surface area (Å²) in [7, 11) is 3.25. The van der Waals surface area contributed by atoms with Crippen LogP contribution in [0.5, 0.6) is 11.5 Å². The topological polar surface area (TPSA) is 78.1 Å². The zero-order valence-corrected chi connectivity index (χ0v) is 12.7. The molecule has 0 heterocycles. The van der Waals surface area contributed by atoms with Crippen molar-refractivity contribution in [1.29, 1.82) is 10.5 Å². The normalized spacial score (nSPS) is 12.8. The number of hydrogen-bond acceptors (Lipinski definition) is 5. The van der Waals surface area contributed by atoms with E-state index in [9.17, 15) is 0 Å². The van der Waals surface area contributed by atoms with Gasteiger partial charge in [-0.25, -0.2) is 0 Å². The molecule has 1 rings (SSSR count). The third-order valence-corrected chi connectivity index (χ3v) is 3.36. The maximum atomic E-state index is 9.07. The van der Waals surface area contributed by atoms with Crippen molar-refractivity contribution in [3.63, 3.8) is 0 Å². The Morgan fingerprint density at radius 3 is 2.57 bits per heavy atom. The second kappa shape index (κ2) is 8.84. The van der Waals surface area contributed by atoms with Crippen molar-refractivity contribution >= 4 is 0 Å². The van der Waals surface area contributed by atoms with Gasteiger partial charge in [0.2, 0.25) is 0 Å². The van der Waals surface area contributed by atoms with Crippen molar-refractivity contribution in [1.82, 2.24) is 5.32 Å². The number of nitrogens with one attached hydrogen (secondary N) is 1. The molecule has 0 aliphatic rings. The Morgan fingerprint density at radius 1 is 1.24 bits per heavy atom. The van der Waals surface area contributed by atoms with Crippen LogP contribution in [0, 0.1) is 28.6 Å². The number of hydrogen-bond donors (Lipinski definition) is 1. The van der Waals surface area contributed by atoms with Crippen LogP contribution in [0.25, 0.3) is 0 Å². The molecule has 0 aromatic heterocycles. The highest BCUT2D eigenvalue weighted by Gasteiger charge is 2.15. The number of nitriles is 2. The summed E-state index contributed by atoms with van der Waals surface area (Å²) >= 11 is 0. The minimum absolute atomic E-state index is 0.0213. The molecule has 2 atom stereocenters. The van der Waals surface area contributed by atoms with Gasteiger partial charge in [0.15, 0.2) is 0 Å². The molecular weight excluding hydrogens is 266 g/mol. The first-order chi connectivity index (χ1) is 10.2. The van der Waals surface area contributed by atoms with E-state index in [0.29, 0.717) is 19.4 Å². The van der Waals surface area contributed by atoms with Gasteiger partial charge in [0, 0.05) is 24.6 Å². The maximum absolute atomic E-state index is 9.07. The van der Waals surface area contributed by atoms with Crippen molar-refractivity contribution in [2.75, 3.05) is 20.8 Å². The van der Waals surface area contributed by atoms with Crippen LogP contribution in [-0.2, 0) is 0 Å². The minimum Gasteiger partial charge on any atom is -0.497 e. The van der Waals surface area contributed by atoms with Crippen LogP contribution in [-0.4, -0.2) is 20.8 Å². The Kier molecular flexibility index (Phi) is 7.08. The van der Waals surface area contributed by atoms with E-state index in [1.54, 1.807) is 14.2 Å². The number of rotatable bonds is 8. The summed E-state index contributed by atoms with van der Waals surface area (Å²) in [5.74, 6) is 1.38. The molecule has 0 amide bonds. The first-order valence-electron chi connectivity index (χ1n) is 6.88. The van der Waals surface area contributed by atoms with Gasteiger partial charge in [0.05, 0.1) is 32.3 Å². The molecule has 0 radical (unpaired) electrons. The lowest BCUT2D eigenvalue weighted by Gasteiger charge is -2.19. The van der Waals surface area contributed by atoms with Crippen LogP contribution in [0.1, 0.15) is 31.4 Å². The van der Waals surface area contributed by atoms with Gasteiger partial charge in [0.25, 0.3) is 0 Å². The van der Waals surface area contributed by atoms with E-state index in [0.717, 1.165) is 17.1 Å². The average Bonchev–Trinajstić information content (AvgIpc) is 2.54. The Labute approximate surface area is 126 Å². The largest absolute Gasteiger partial charge is 0.497 e. The molecule has 5 heteroatoms. The highest BCUT2D eigenvalue weighted by molar-refractivity contribution is 5.42. The molecule has 0 bridgehead atoms. The molecule has 2 unspecified atom stereocenters. The van der Waals surface area contributed by atoms with Crippen LogP contribution in [0.2, 0.25) is 0 Å². The minimum atomic E-state index is -0.163. The lowest BCUT2D eigenvalue weighted by Crippen LogP contribution is -2.25. The number of methoxy groups -OCH3 is 2. The van der Waals surface area contributed by atoms with E-state index in [1.807, 2.05) is 25.1 Å². The smallest absolute Gasteiger partial charge is 0.123 e. The van der Waals surface area contributed by atoms with Crippen molar-refractivity contribution in [2.24, 2.45) is 5.92 Å². The van der Waals surface area contributed by atoms with Gasteiger partial charge in [-0.15, -0.1) is 0 Å². The van der Waals surface area contributed by atoms with Crippen LogP contribution in [0.15, 0.2) is 18.2 Å². The molecule has 0 fully saturated rings. The van der Waals surface area contributed by atoms with Gasteiger partial charge in [-0.2, -0.15) is 10.5 Å². The maximum Gasteiger partial charge on any atom is 0.123 e. The fraction of sp³-hybridized carbons (Fsp3) is 0.500. The van der Waals surface area contributed by atoms with Gasteiger partial charge >= 0.3 is 0 Å². The quantitative estimate of drug-likeness (QED) is 0.795. The zero-order valence-electron chi connectivity index (χ0n) is 12.7. The predicted molar refractivity (Wildman–Crippen MR) is 79.9 cm³/mol. The molecule has 1 aromatic rings. The molecule has 112 valence electrons. The first-order valence-corrected chi connectivity index (χ1v) is 6.88. The molecule has 0 saturated carbocycles. The van der Waals surface area contributed by atoms with Crippen molar-refractivity contribution in [3.05, 3.63) is 23.8 Å². The molecule has 0 aliphatic heterocycles. The summed E-state index contributed by atoms with van der Waals surface area (Å²) in [4.78, 5) is 0. The summed E-state index contributed by atoms with van der Waals surface area (Å²) < 4.78 is 10.6. The van der Waals surface area contributed by atoms with Crippen LogP contribution < -0.4 is 14.8 Å². The zero-order chi connectivity index (χ0) is 15.7. The third-order valence-electron chi connectivity index (χ3n) is 3.36. The Bertz CT molecular complexity index is 531. The van der Waals surface area contributed by atoms with Crippen molar-refractivity contribution in [3.8, 4) is 23.6 Å². The molecule has 0 spiro atoms. The highest BCUT2D eigenvalue weighted by Crippen LogP contribution is 2.29. The molecule has 0 aliphatic carbocycles. The van der Waals surface area contributed by atoms with Gasteiger partial charge < -0.3 is 14.8 Å². The van der Waals surface area contributed by atoms with Crippen LogP contribution >= 0.6 is 0 Å².